The molecule has 152 valence electrons. The Hall–Kier alpha value is -2.04. The van der Waals surface area contributed by atoms with Crippen LogP contribution in [-0.4, -0.2) is 51.0 Å². The smallest absolute Gasteiger partial charge is 0.417 e. The Labute approximate surface area is 165 Å². The van der Waals surface area contributed by atoms with Crippen LogP contribution in [-0.2, 0) is 16.2 Å². The van der Waals surface area contributed by atoms with Crippen molar-refractivity contribution >= 4 is 27.4 Å². The zero-order valence-corrected chi connectivity index (χ0v) is 16.4. The molecule has 6 nitrogen and oxygen atoms in total. The summed E-state index contributed by atoms with van der Waals surface area (Å²) in [7, 11) is -2.19. The number of rotatable bonds is 4. The molecule has 2 heterocycles. The van der Waals surface area contributed by atoms with Crippen LogP contribution < -0.4 is 9.64 Å². The lowest BCUT2D eigenvalue weighted by molar-refractivity contribution is -0.137. The van der Waals surface area contributed by atoms with Gasteiger partial charge in [0.25, 0.3) is 0 Å². The summed E-state index contributed by atoms with van der Waals surface area (Å²) in [4.78, 5) is 5.64. The Morgan fingerprint density at radius 2 is 1.71 bits per heavy atom. The second kappa shape index (κ2) is 7.76. The number of benzene rings is 1. The molecule has 0 aliphatic carbocycles. The van der Waals surface area contributed by atoms with Crippen LogP contribution in [0, 0.1) is 0 Å². The molecule has 0 bridgehead atoms. The summed E-state index contributed by atoms with van der Waals surface area (Å²) in [6, 6.07) is 6.89. The average molecular weight is 436 g/mol. The lowest BCUT2D eigenvalue weighted by atomic mass is 10.2. The summed E-state index contributed by atoms with van der Waals surface area (Å²) in [6.45, 7) is 0.835. The van der Waals surface area contributed by atoms with Crippen molar-refractivity contribution in [2.24, 2.45) is 0 Å². The van der Waals surface area contributed by atoms with Crippen molar-refractivity contribution in [1.82, 2.24) is 9.29 Å². The first-order valence-corrected chi connectivity index (χ1v) is 10.1. The Kier molecular flexibility index (Phi) is 5.74. The third-order valence-electron chi connectivity index (χ3n) is 4.38. The molecule has 0 atom stereocenters. The lowest BCUT2D eigenvalue weighted by Gasteiger charge is -2.35. The van der Waals surface area contributed by atoms with E-state index in [9.17, 15) is 21.6 Å². The summed E-state index contributed by atoms with van der Waals surface area (Å²) >= 11 is 5.97. The van der Waals surface area contributed by atoms with E-state index < -0.39 is 21.8 Å². The Balaban J connectivity index is 1.72. The maximum absolute atomic E-state index is 12.8. The van der Waals surface area contributed by atoms with Crippen molar-refractivity contribution in [2.75, 3.05) is 38.2 Å². The van der Waals surface area contributed by atoms with Crippen molar-refractivity contribution < 1.29 is 26.3 Å². The van der Waals surface area contributed by atoms with Crippen LogP contribution in [0.5, 0.6) is 5.75 Å². The van der Waals surface area contributed by atoms with Gasteiger partial charge in [0, 0.05) is 32.4 Å². The van der Waals surface area contributed by atoms with Crippen LogP contribution in [0.3, 0.4) is 0 Å². The normalized spacial score (nSPS) is 16.2. The molecule has 0 saturated carbocycles. The first-order valence-electron chi connectivity index (χ1n) is 8.25. The number of aromatic nitrogens is 1. The zero-order chi connectivity index (χ0) is 20.5. The number of sulfonamides is 1. The van der Waals surface area contributed by atoms with Gasteiger partial charge in [-0.1, -0.05) is 11.6 Å². The lowest BCUT2D eigenvalue weighted by Crippen LogP contribution is -2.49. The number of pyridine rings is 1. The number of alkyl halides is 3. The van der Waals surface area contributed by atoms with Crippen LogP contribution in [0.2, 0.25) is 5.02 Å². The first kappa shape index (κ1) is 20.7. The number of anilines is 1. The van der Waals surface area contributed by atoms with E-state index in [4.69, 9.17) is 16.3 Å². The van der Waals surface area contributed by atoms with Crippen LogP contribution in [0.25, 0.3) is 0 Å². The maximum atomic E-state index is 12.8. The molecule has 3 rings (SSSR count). The Morgan fingerprint density at radius 1 is 1.11 bits per heavy atom. The number of nitrogens with zero attached hydrogens (tertiary/aromatic N) is 3. The van der Waals surface area contributed by atoms with Gasteiger partial charge in [-0.15, -0.1) is 0 Å². The van der Waals surface area contributed by atoms with Gasteiger partial charge in [0.05, 0.1) is 22.6 Å². The van der Waals surface area contributed by atoms with Gasteiger partial charge >= 0.3 is 6.18 Å². The van der Waals surface area contributed by atoms with Crippen molar-refractivity contribution in [3.63, 3.8) is 0 Å². The van der Waals surface area contributed by atoms with Gasteiger partial charge in [-0.25, -0.2) is 13.4 Å². The van der Waals surface area contributed by atoms with Crippen LogP contribution in [0.15, 0.2) is 41.4 Å². The molecule has 2 aromatic rings. The van der Waals surface area contributed by atoms with Crippen LogP contribution >= 0.6 is 11.6 Å². The highest BCUT2D eigenvalue weighted by Crippen LogP contribution is 2.34. The topological polar surface area (TPSA) is 62.7 Å². The first-order chi connectivity index (χ1) is 13.1. The van der Waals surface area contributed by atoms with E-state index in [-0.39, 0.29) is 41.9 Å². The summed E-state index contributed by atoms with van der Waals surface area (Å²) in [5.74, 6) is 0.753. The van der Waals surface area contributed by atoms with Crippen molar-refractivity contribution in [3.05, 3.63) is 47.1 Å². The zero-order valence-electron chi connectivity index (χ0n) is 14.8. The molecule has 1 aliphatic heterocycles. The molecule has 0 radical (unpaired) electrons. The Bertz CT molecular complexity index is 944. The highest BCUT2D eigenvalue weighted by Gasteiger charge is 2.33. The molecule has 1 aromatic heterocycles. The SMILES string of the molecule is COc1ccc(S(=O)(=O)N2CCN(c3ncc(C(F)(F)F)cc3Cl)CC2)cc1. The molecule has 28 heavy (non-hydrogen) atoms. The fourth-order valence-corrected chi connectivity index (χ4v) is 4.56. The largest absolute Gasteiger partial charge is 0.497 e. The van der Waals surface area contributed by atoms with E-state index in [1.165, 1.54) is 23.5 Å². The molecule has 0 N–H and O–H groups in total. The second-order valence-corrected chi connectivity index (χ2v) is 8.44. The van der Waals surface area contributed by atoms with Crippen LogP contribution in [0.1, 0.15) is 5.56 Å². The fraction of sp³-hybridized carbons (Fsp3) is 0.353. The number of ether oxygens (including phenoxy) is 1. The minimum Gasteiger partial charge on any atom is -0.497 e. The standard InChI is InChI=1S/C17H17ClF3N3O3S/c1-27-13-2-4-14(5-3-13)28(25,26)24-8-6-23(7-9-24)16-15(18)10-12(11-22-16)17(19,20)21/h2-5,10-11H,6-9H2,1H3. The van der Waals surface area contributed by atoms with Gasteiger partial charge in [0.15, 0.2) is 0 Å². The van der Waals surface area contributed by atoms with E-state index in [1.807, 2.05) is 0 Å². The number of methoxy groups -OCH3 is 1. The quantitative estimate of drug-likeness (QED) is 0.737. The molecular weight excluding hydrogens is 419 g/mol. The summed E-state index contributed by atoms with van der Waals surface area (Å²) < 4.78 is 70.1. The molecular formula is C17H17ClF3N3O3S. The third-order valence-corrected chi connectivity index (χ3v) is 6.58. The summed E-state index contributed by atoms with van der Waals surface area (Å²) in [5.41, 5.74) is -0.929. The number of halogens is 4. The molecule has 0 spiro atoms. The fourth-order valence-electron chi connectivity index (χ4n) is 2.86. The molecule has 1 aromatic carbocycles. The van der Waals surface area contributed by atoms with E-state index in [0.29, 0.717) is 5.75 Å². The summed E-state index contributed by atoms with van der Waals surface area (Å²) in [6.07, 6.45) is -3.80. The van der Waals surface area contributed by atoms with Gasteiger partial charge in [-0.05, 0) is 30.3 Å². The molecule has 1 aliphatic rings. The number of hydrogen-bond donors (Lipinski definition) is 0. The van der Waals surface area contributed by atoms with Crippen LogP contribution in [0.4, 0.5) is 19.0 Å². The van der Waals surface area contributed by atoms with Crippen molar-refractivity contribution in [3.8, 4) is 5.75 Å². The highest BCUT2D eigenvalue weighted by molar-refractivity contribution is 7.89. The van der Waals surface area contributed by atoms with E-state index in [0.717, 1.165) is 12.3 Å². The average Bonchev–Trinajstić information content (AvgIpc) is 2.67. The van der Waals surface area contributed by atoms with E-state index >= 15 is 0 Å². The van der Waals surface area contributed by atoms with Gasteiger partial charge in [0.1, 0.15) is 11.6 Å². The van der Waals surface area contributed by atoms with Gasteiger partial charge < -0.3 is 9.64 Å². The Morgan fingerprint density at radius 3 is 2.21 bits per heavy atom. The third kappa shape index (κ3) is 4.18. The van der Waals surface area contributed by atoms with Crippen molar-refractivity contribution in [2.45, 2.75) is 11.1 Å². The molecule has 1 saturated heterocycles. The number of piperazine rings is 1. The van der Waals surface area contributed by atoms with E-state index in [1.54, 1.807) is 17.0 Å². The van der Waals surface area contributed by atoms with Gasteiger partial charge in [0.2, 0.25) is 10.0 Å². The molecule has 1 fully saturated rings. The molecule has 0 unspecified atom stereocenters. The molecule has 11 heteroatoms. The predicted molar refractivity (Wildman–Crippen MR) is 98.2 cm³/mol. The monoisotopic (exact) mass is 435 g/mol. The van der Waals surface area contributed by atoms with E-state index in [2.05, 4.69) is 4.98 Å². The summed E-state index contributed by atoms with van der Waals surface area (Å²) in [5, 5.41) is -0.124. The molecule has 0 amide bonds. The number of hydrogen-bond acceptors (Lipinski definition) is 5. The minimum absolute atomic E-state index is 0.124. The van der Waals surface area contributed by atoms with Gasteiger partial charge in [-0.3, -0.25) is 0 Å². The van der Waals surface area contributed by atoms with Gasteiger partial charge in [-0.2, -0.15) is 17.5 Å². The maximum Gasteiger partial charge on any atom is 0.417 e. The minimum atomic E-state index is -4.53. The second-order valence-electron chi connectivity index (χ2n) is 6.09. The predicted octanol–water partition coefficient (Wildman–Crippen LogP) is 3.27. The van der Waals surface area contributed by atoms with Crippen molar-refractivity contribution in [1.29, 1.82) is 0 Å². The highest BCUT2D eigenvalue weighted by atomic mass is 35.5.